The van der Waals surface area contributed by atoms with Gasteiger partial charge in [0.05, 0.1) is 0 Å². The molecule has 1 fully saturated rings. The van der Waals surface area contributed by atoms with E-state index >= 15 is 0 Å². The van der Waals surface area contributed by atoms with E-state index < -0.39 is 0 Å². The lowest BCUT2D eigenvalue weighted by atomic mass is 9.61. The zero-order valence-corrected chi connectivity index (χ0v) is 10.1. The second-order valence-electron chi connectivity index (χ2n) is 5.91. The molecule has 3 unspecified atom stereocenters. The van der Waals surface area contributed by atoms with Gasteiger partial charge in [-0.3, -0.25) is 0 Å². The highest BCUT2D eigenvalue weighted by Gasteiger charge is 2.37. The largest absolute Gasteiger partial charge is 0.0628 e. The Morgan fingerprint density at radius 3 is 2.46 bits per heavy atom. The summed E-state index contributed by atoms with van der Waals surface area (Å²) in [5, 5.41) is 0. The van der Waals surface area contributed by atoms with Gasteiger partial charge in [0, 0.05) is 0 Å². The van der Waals surface area contributed by atoms with Crippen LogP contribution in [-0.2, 0) is 0 Å². The Kier molecular flexibility index (Phi) is 3.43. The van der Waals surface area contributed by atoms with Crippen molar-refractivity contribution in [1.82, 2.24) is 0 Å². The van der Waals surface area contributed by atoms with E-state index in [2.05, 4.69) is 34.6 Å². The highest BCUT2D eigenvalue weighted by molar-refractivity contribution is 4.87. The van der Waals surface area contributed by atoms with Gasteiger partial charge in [-0.15, -0.1) is 0 Å². The predicted molar refractivity (Wildman–Crippen MR) is 59.7 cm³/mol. The monoisotopic (exact) mass is 182 g/mol. The van der Waals surface area contributed by atoms with E-state index in [9.17, 15) is 0 Å². The van der Waals surface area contributed by atoms with Crippen LogP contribution in [0, 0.1) is 23.2 Å². The summed E-state index contributed by atoms with van der Waals surface area (Å²) in [6.07, 6.45) is 5.78. The minimum Gasteiger partial charge on any atom is -0.0628 e. The van der Waals surface area contributed by atoms with Crippen molar-refractivity contribution in [3.8, 4) is 0 Å². The van der Waals surface area contributed by atoms with Gasteiger partial charge < -0.3 is 0 Å². The van der Waals surface area contributed by atoms with Crippen LogP contribution >= 0.6 is 0 Å². The lowest BCUT2D eigenvalue weighted by Gasteiger charge is -2.44. The van der Waals surface area contributed by atoms with Crippen molar-refractivity contribution in [2.45, 2.75) is 60.3 Å². The molecule has 1 aliphatic rings. The summed E-state index contributed by atoms with van der Waals surface area (Å²) < 4.78 is 0. The van der Waals surface area contributed by atoms with Gasteiger partial charge in [-0.25, -0.2) is 0 Å². The molecular weight excluding hydrogens is 156 g/mol. The van der Waals surface area contributed by atoms with Crippen molar-refractivity contribution in [3.05, 3.63) is 0 Å². The van der Waals surface area contributed by atoms with Gasteiger partial charge in [0.15, 0.2) is 0 Å². The lowest BCUT2D eigenvalue weighted by Crippen LogP contribution is -2.35. The molecule has 0 amide bonds. The average Bonchev–Trinajstić information content (AvgIpc) is 1.99. The van der Waals surface area contributed by atoms with Crippen LogP contribution in [0.1, 0.15) is 60.3 Å². The maximum atomic E-state index is 2.51. The van der Waals surface area contributed by atoms with Gasteiger partial charge >= 0.3 is 0 Å². The molecule has 0 aromatic heterocycles. The van der Waals surface area contributed by atoms with Crippen LogP contribution in [0.4, 0.5) is 0 Å². The fourth-order valence-corrected chi connectivity index (χ4v) is 3.21. The molecule has 1 rings (SSSR count). The molecule has 0 aliphatic heterocycles. The minimum atomic E-state index is 0.631. The zero-order chi connectivity index (χ0) is 10.1. The highest BCUT2D eigenvalue weighted by atomic mass is 14.4. The third kappa shape index (κ3) is 2.48. The van der Waals surface area contributed by atoms with Gasteiger partial charge in [-0.05, 0) is 36.0 Å². The second-order valence-corrected chi connectivity index (χ2v) is 5.91. The predicted octanol–water partition coefficient (Wildman–Crippen LogP) is 4.49. The van der Waals surface area contributed by atoms with Crippen LogP contribution in [0.15, 0.2) is 0 Å². The summed E-state index contributed by atoms with van der Waals surface area (Å²) in [4.78, 5) is 0. The maximum absolute atomic E-state index is 2.51. The summed E-state index contributed by atoms with van der Waals surface area (Å²) in [6.45, 7) is 12.1. The van der Waals surface area contributed by atoms with Gasteiger partial charge in [-0.2, -0.15) is 0 Å². The molecule has 3 atom stereocenters. The third-order valence-electron chi connectivity index (χ3n) is 4.23. The Balaban J connectivity index is 2.63. The Morgan fingerprint density at radius 2 is 1.92 bits per heavy atom. The summed E-state index contributed by atoms with van der Waals surface area (Å²) in [6, 6.07) is 0. The molecule has 0 nitrogen and oxygen atoms in total. The molecular formula is C13H26. The molecule has 13 heavy (non-hydrogen) atoms. The van der Waals surface area contributed by atoms with Crippen LogP contribution in [0.5, 0.6) is 0 Å². The Bertz CT molecular complexity index is 159. The molecule has 0 bridgehead atoms. The quantitative estimate of drug-likeness (QED) is 0.590. The van der Waals surface area contributed by atoms with Crippen molar-refractivity contribution >= 4 is 0 Å². The molecule has 0 saturated heterocycles. The van der Waals surface area contributed by atoms with Crippen LogP contribution in [0.3, 0.4) is 0 Å². The third-order valence-corrected chi connectivity index (χ3v) is 4.23. The van der Waals surface area contributed by atoms with E-state index in [1.165, 1.54) is 25.7 Å². The molecule has 0 aromatic carbocycles. The van der Waals surface area contributed by atoms with E-state index in [-0.39, 0.29) is 0 Å². The van der Waals surface area contributed by atoms with Crippen molar-refractivity contribution in [2.24, 2.45) is 23.2 Å². The molecule has 0 heterocycles. The molecule has 0 radical (unpaired) electrons. The van der Waals surface area contributed by atoms with E-state index in [0.29, 0.717) is 5.41 Å². The van der Waals surface area contributed by atoms with Gasteiger partial charge in [0.2, 0.25) is 0 Å². The number of hydrogen-bond acceptors (Lipinski definition) is 0. The van der Waals surface area contributed by atoms with Gasteiger partial charge in [0.1, 0.15) is 0 Å². The first-order valence-corrected chi connectivity index (χ1v) is 5.96. The number of hydrogen-bond donors (Lipinski definition) is 0. The molecule has 1 saturated carbocycles. The summed E-state index contributed by atoms with van der Waals surface area (Å²) in [5.74, 6) is 2.72. The van der Waals surface area contributed by atoms with Crippen LogP contribution < -0.4 is 0 Å². The molecule has 0 aromatic rings. The zero-order valence-electron chi connectivity index (χ0n) is 10.1. The standard InChI is InChI=1S/C13H26/c1-10(2)9-13(5)8-6-7-11(3)12(13)4/h10-12H,6-9H2,1-5H3. The Labute approximate surface area is 84.1 Å². The first-order chi connectivity index (χ1) is 5.96. The maximum Gasteiger partial charge on any atom is -0.0295 e. The Hall–Kier alpha value is 0. The molecule has 1 aliphatic carbocycles. The first-order valence-electron chi connectivity index (χ1n) is 5.96. The fourth-order valence-electron chi connectivity index (χ4n) is 3.21. The molecule has 0 N–H and O–H groups in total. The fraction of sp³-hybridized carbons (Fsp3) is 1.00. The minimum absolute atomic E-state index is 0.631. The SMILES string of the molecule is CC(C)CC1(C)CCCC(C)C1C. The van der Waals surface area contributed by atoms with E-state index in [4.69, 9.17) is 0 Å². The van der Waals surface area contributed by atoms with Crippen LogP contribution in [0.2, 0.25) is 0 Å². The summed E-state index contributed by atoms with van der Waals surface area (Å²) in [7, 11) is 0. The molecule has 0 heteroatoms. The van der Waals surface area contributed by atoms with Crippen molar-refractivity contribution < 1.29 is 0 Å². The van der Waals surface area contributed by atoms with Crippen LogP contribution in [-0.4, -0.2) is 0 Å². The second kappa shape index (κ2) is 4.02. The van der Waals surface area contributed by atoms with E-state index in [1.807, 2.05) is 0 Å². The van der Waals surface area contributed by atoms with Crippen LogP contribution in [0.25, 0.3) is 0 Å². The lowest BCUT2D eigenvalue weighted by molar-refractivity contribution is 0.0582. The van der Waals surface area contributed by atoms with Gasteiger partial charge in [-0.1, -0.05) is 47.5 Å². The summed E-state index contributed by atoms with van der Waals surface area (Å²) in [5.41, 5.74) is 0.631. The van der Waals surface area contributed by atoms with E-state index in [0.717, 1.165) is 17.8 Å². The molecule has 0 spiro atoms. The highest BCUT2D eigenvalue weighted by Crippen LogP contribution is 2.47. The van der Waals surface area contributed by atoms with E-state index in [1.54, 1.807) is 0 Å². The smallest absolute Gasteiger partial charge is 0.0295 e. The van der Waals surface area contributed by atoms with Crippen molar-refractivity contribution in [1.29, 1.82) is 0 Å². The summed E-state index contributed by atoms with van der Waals surface area (Å²) >= 11 is 0. The topological polar surface area (TPSA) is 0 Å². The molecule has 78 valence electrons. The normalized spacial score (nSPS) is 41.1. The van der Waals surface area contributed by atoms with Gasteiger partial charge in [0.25, 0.3) is 0 Å². The van der Waals surface area contributed by atoms with Crippen molar-refractivity contribution in [3.63, 3.8) is 0 Å². The first kappa shape index (κ1) is 11.1. The average molecular weight is 182 g/mol. The van der Waals surface area contributed by atoms with Crippen molar-refractivity contribution in [2.75, 3.05) is 0 Å². The number of rotatable bonds is 2. The Morgan fingerprint density at radius 1 is 1.31 bits per heavy atom.